The zero-order chi connectivity index (χ0) is 20.2. The van der Waals surface area contributed by atoms with Crippen LogP contribution in [0.5, 0.6) is 11.5 Å². The summed E-state index contributed by atoms with van der Waals surface area (Å²) in [7, 11) is 1.73. The van der Waals surface area contributed by atoms with E-state index < -0.39 is 0 Å². The molecule has 1 atom stereocenters. The summed E-state index contributed by atoms with van der Waals surface area (Å²) < 4.78 is 11.6. The van der Waals surface area contributed by atoms with E-state index in [2.05, 4.69) is 5.32 Å². The van der Waals surface area contributed by atoms with Gasteiger partial charge >= 0.3 is 0 Å². The number of anilines is 1. The highest BCUT2D eigenvalue weighted by Crippen LogP contribution is 2.31. The van der Waals surface area contributed by atoms with Gasteiger partial charge in [0, 0.05) is 18.3 Å². The highest BCUT2D eigenvalue weighted by Gasteiger charge is 2.24. The van der Waals surface area contributed by atoms with Crippen molar-refractivity contribution < 1.29 is 19.1 Å². The molecule has 29 heavy (non-hydrogen) atoms. The Morgan fingerprint density at radius 3 is 2.72 bits per heavy atom. The highest BCUT2D eigenvalue weighted by molar-refractivity contribution is 7.12. The molecular weight excluding hydrogens is 388 g/mol. The number of benzene rings is 2. The van der Waals surface area contributed by atoms with Crippen molar-refractivity contribution in [3.05, 3.63) is 76.5 Å². The Balaban J connectivity index is 1.39. The van der Waals surface area contributed by atoms with Crippen LogP contribution in [0, 0.1) is 0 Å². The molecule has 0 saturated carbocycles. The Morgan fingerprint density at radius 2 is 1.93 bits per heavy atom. The van der Waals surface area contributed by atoms with E-state index in [1.165, 1.54) is 11.3 Å². The first kappa shape index (κ1) is 19.0. The van der Waals surface area contributed by atoms with Crippen molar-refractivity contribution in [1.82, 2.24) is 4.90 Å². The highest BCUT2D eigenvalue weighted by atomic mass is 32.1. The van der Waals surface area contributed by atoms with Gasteiger partial charge in [-0.2, -0.15) is 0 Å². The number of para-hydroxylation sites is 2. The minimum Gasteiger partial charge on any atom is -0.486 e. The van der Waals surface area contributed by atoms with Crippen LogP contribution >= 0.6 is 11.3 Å². The molecule has 7 heteroatoms. The number of amides is 2. The van der Waals surface area contributed by atoms with Crippen molar-refractivity contribution >= 4 is 28.8 Å². The molecule has 0 radical (unpaired) electrons. The zero-order valence-electron chi connectivity index (χ0n) is 15.8. The molecule has 2 amide bonds. The molecule has 1 aliphatic rings. The molecule has 148 valence electrons. The first-order valence-electron chi connectivity index (χ1n) is 9.19. The van der Waals surface area contributed by atoms with Gasteiger partial charge in [0.15, 0.2) is 17.6 Å². The van der Waals surface area contributed by atoms with Crippen LogP contribution in [0.4, 0.5) is 5.69 Å². The lowest BCUT2D eigenvalue weighted by atomic mass is 10.1. The van der Waals surface area contributed by atoms with Crippen LogP contribution in [-0.4, -0.2) is 43.0 Å². The topological polar surface area (TPSA) is 67.9 Å². The van der Waals surface area contributed by atoms with Crippen LogP contribution in [0.25, 0.3) is 0 Å². The second kappa shape index (κ2) is 8.36. The summed E-state index contributed by atoms with van der Waals surface area (Å²) in [5.41, 5.74) is 1.07. The van der Waals surface area contributed by atoms with Crippen LogP contribution in [-0.2, 0) is 0 Å². The molecule has 6 nitrogen and oxygen atoms in total. The summed E-state index contributed by atoms with van der Waals surface area (Å²) in [6.45, 7) is 0.768. The molecule has 1 N–H and O–H groups in total. The van der Waals surface area contributed by atoms with Crippen LogP contribution in [0.3, 0.4) is 0 Å². The van der Waals surface area contributed by atoms with Gasteiger partial charge in [0.1, 0.15) is 6.61 Å². The van der Waals surface area contributed by atoms with Gasteiger partial charge in [-0.05, 0) is 41.8 Å². The molecule has 1 aromatic heterocycles. The molecular formula is C22H20N2O4S. The van der Waals surface area contributed by atoms with Gasteiger partial charge in [-0.15, -0.1) is 11.3 Å². The quantitative estimate of drug-likeness (QED) is 0.695. The third-order valence-electron chi connectivity index (χ3n) is 4.50. The standard InChI is InChI=1S/C22H20N2O4S/c1-24(13-17-14-27-18-8-2-3-9-19(18)28-17)22(26)15-6-4-7-16(12-15)23-21(25)20-10-5-11-29-20/h2-12,17H,13-14H2,1H3,(H,23,25)/t17-/m0/s1. The smallest absolute Gasteiger partial charge is 0.265 e. The number of fused-ring (bicyclic) bond motifs is 1. The maximum Gasteiger partial charge on any atom is 0.265 e. The number of carbonyl (C=O) groups excluding carboxylic acids is 2. The number of hydrogen-bond acceptors (Lipinski definition) is 5. The van der Waals surface area contributed by atoms with Gasteiger partial charge in [-0.25, -0.2) is 0 Å². The summed E-state index contributed by atoms with van der Waals surface area (Å²) in [5.74, 6) is 1.05. The fourth-order valence-electron chi connectivity index (χ4n) is 3.09. The van der Waals surface area contributed by atoms with Crippen molar-refractivity contribution in [2.45, 2.75) is 6.10 Å². The third kappa shape index (κ3) is 4.41. The maximum atomic E-state index is 12.8. The molecule has 0 aliphatic carbocycles. The zero-order valence-corrected chi connectivity index (χ0v) is 16.6. The Bertz CT molecular complexity index is 1020. The summed E-state index contributed by atoms with van der Waals surface area (Å²) in [6.07, 6.45) is -0.249. The molecule has 0 fully saturated rings. The van der Waals surface area contributed by atoms with Gasteiger partial charge in [0.05, 0.1) is 11.4 Å². The van der Waals surface area contributed by atoms with E-state index in [0.29, 0.717) is 40.8 Å². The molecule has 4 rings (SSSR count). The monoisotopic (exact) mass is 408 g/mol. The van der Waals surface area contributed by atoms with E-state index >= 15 is 0 Å². The van der Waals surface area contributed by atoms with Gasteiger partial charge in [0.25, 0.3) is 11.8 Å². The van der Waals surface area contributed by atoms with E-state index in [1.807, 2.05) is 35.7 Å². The average molecular weight is 408 g/mol. The third-order valence-corrected chi connectivity index (χ3v) is 5.37. The molecule has 0 unspecified atom stereocenters. The molecule has 0 spiro atoms. The predicted molar refractivity (Wildman–Crippen MR) is 112 cm³/mol. The van der Waals surface area contributed by atoms with E-state index in [0.717, 1.165) is 0 Å². The summed E-state index contributed by atoms with van der Waals surface area (Å²) >= 11 is 1.37. The van der Waals surface area contributed by atoms with E-state index in [1.54, 1.807) is 42.3 Å². The number of rotatable bonds is 5. The number of nitrogens with one attached hydrogen (secondary N) is 1. The second-order valence-electron chi connectivity index (χ2n) is 6.70. The summed E-state index contributed by atoms with van der Waals surface area (Å²) in [5, 5.41) is 4.67. The van der Waals surface area contributed by atoms with Crippen molar-refractivity contribution in [3.8, 4) is 11.5 Å². The van der Waals surface area contributed by atoms with E-state index in [9.17, 15) is 9.59 Å². The van der Waals surface area contributed by atoms with Crippen LogP contribution < -0.4 is 14.8 Å². The molecule has 0 saturated heterocycles. The van der Waals surface area contributed by atoms with Crippen LogP contribution in [0.1, 0.15) is 20.0 Å². The lowest BCUT2D eigenvalue weighted by Gasteiger charge is -2.29. The largest absolute Gasteiger partial charge is 0.486 e. The van der Waals surface area contributed by atoms with E-state index in [-0.39, 0.29) is 17.9 Å². The fraction of sp³-hybridized carbons (Fsp3) is 0.182. The van der Waals surface area contributed by atoms with Crippen LogP contribution in [0.15, 0.2) is 66.0 Å². The molecule has 2 heterocycles. The van der Waals surface area contributed by atoms with Gasteiger partial charge in [0.2, 0.25) is 0 Å². The van der Waals surface area contributed by atoms with Crippen molar-refractivity contribution in [2.24, 2.45) is 0 Å². The minimum absolute atomic E-state index is 0.153. The molecule has 2 aromatic carbocycles. The lowest BCUT2D eigenvalue weighted by Crippen LogP contribution is -2.41. The number of likely N-dealkylation sites (N-methyl/N-ethyl adjacent to an activating group) is 1. The maximum absolute atomic E-state index is 12.8. The van der Waals surface area contributed by atoms with Crippen molar-refractivity contribution in [3.63, 3.8) is 0 Å². The van der Waals surface area contributed by atoms with Gasteiger partial charge in [-0.1, -0.05) is 24.3 Å². The first-order valence-corrected chi connectivity index (χ1v) is 10.1. The van der Waals surface area contributed by atoms with Gasteiger partial charge < -0.3 is 19.7 Å². The SMILES string of the molecule is CN(C[C@H]1COc2ccccc2O1)C(=O)c1cccc(NC(=O)c2cccs2)c1. The number of nitrogens with zero attached hydrogens (tertiary/aromatic N) is 1. The number of thiophene rings is 1. The summed E-state index contributed by atoms with van der Waals surface area (Å²) in [4.78, 5) is 27.3. The van der Waals surface area contributed by atoms with Crippen molar-refractivity contribution in [2.75, 3.05) is 25.5 Å². The Hall–Kier alpha value is -3.32. The predicted octanol–water partition coefficient (Wildman–Crippen LogP) is 3.91. The lowest BCUT2D eigenvalue weighted by molar-refractivity contribution is 0.0521. The Kier molecular flexibility index (Phi) is 5.48. The average Bonchev–Trinajstić information content (AvgIpc) is 3.28. The Labute approximate surface area is 172 Å². The minimum atomic E-state index is -0.249. The van der Waals surface area contributed by atoms with Crippen molar-refractivity contribution in [1.29, 1.82) is 0 Å². The second-order valence-corrected chi connectivity index (χ2v) is 7.64. The Morgan fingerprint density at radius 1 is 1.10 bits per heavy atom. The number of hydrogen-bond donors (Lipinski definition) is 1. The summed E-state index contributed by atoms with van der Waals surface area (Å²) in [6, 6.07) is 18.0. The van der Waals surface area contributed by atoms with E-state index in [4.69, 9.17) is 9.47 Å². The molecule has 1 aliphatic heterocycles. The molecule has 3 aromatic rings. The first-order chi connectivity index (χ1) is 14.1. The molecule has 0 bridgehead atoms. The normalized spacial score (nSPS) is 14.9. The van der Waals surface area contributed by atoms with Crippen LogP contribution in [0.2, 0.25) is 0 Å². The fourth-order valence-corrected chi connectivity index (χ4v) is 3.71. The number of carbonyl (C=O) groups is 2. The van der Waals surface area contributed by atoms with Gasteiger partial charge in [-0.3, -0.25) is 9.59 Å². The number of ether oxygens (including phenoxy) is 2.